The molecular formula is C26H34N10O2. The molecular weight excluding hydrogens is 484 g/mol. The third kappa shape index (κ3) is 6.10. The highest BCUT2D eigenvalue weighted by molar-refractivity contribution is 6.05. The van der Waals surface area contributed by atoms with Crippen LogP contribution in [0.1, 0.15) is 22.3 Å². The van der Waals surface area contributed by atoms with E-state index in [1.54, 1.807) is 24.3 Å². The molecule has 2 aliphatic rings. The van der Waals surface area contributed by atoms with E-state index in [2.05, 4.69) is 30.8 Å². The second-order valence-electron chi connectivity index (χ2n) is 9.83. The molecule has 0 aliphatic carbocycles. The first-order chi connectivity index (χ1) is 18.3. The lowest BCUT2D eigenvalue weighted by Crippen LogP contribution is -2.53. The minimum Gasteiger partial charge on any atom is -0.506 e. The number of nitrogens with zero attached hydrogens (tertiary/aromatic N) is 5. The number of phenolic OH excluding ortho intramolecular Hbond substituents is 1. The summed E-state index contributed by atoms with van der Waals surface area (Å²) in [7, 11) is 0. The number of aryl methyl sites for hydroxylation is 1. The Balaban J connectivity index is 1.37. The van der Waals surface area contributed by atoms with Crippen LogP contribution in [0.15, 0.2) is 42.5 Å². The van der Waals surface area contributed by atoms with E-state index in [1.807, 2.05) is 24.0 Å². The van der Waals surface area contributed by atoms with Crippen LogP contribution in [-0.2, 0) is 0 Å². The molecule has 1 amide bonds. The van der Waals surface area contributed by atoms with Crippen molar-refractivity contribution in [2.45, 2.75) is 25.4 Å². The summed E-state index contributed by atoms with van der Waals surface area (Å²) in [6.45, 7) is 6.40. The van der Waals surface area contributed by atoms with E-state index in [0.29, 0.717) is 47.9 Å². The van der Waals surface area contributed by atoms with Crippen molar-refractivity contribution in [3.63, 3.8) is 0 Å². The molecule has 2 saturated heterocycles. The lowest BCUT2D eigenvalue weighted by atomic mass is 10.0. The Kier molecular flexibility index (Phi) is 7.54. The van der Waals surface area contributed by atoms with E-state index < -0.39 is 0 Å². The first-order valence-corrected chi connectivity index (χ1v) is 12.8. The maximum absolute atomic E-state index is 12.6. The highest BCUT2D eigenvalue weighted by Crippen LogP contribution is 2.29. The van der Waals surface area contributed by atoms with E-state index in [4.69, 9.17) is 16.5 Å². The van der Waals surface area contributed by atoms with E-state index >= 15 is 0 Å². The van der Waals surface area contributed by atoms with Gasteiger partial charge in [-0.2, -0.15) is 15.0 Å². The maximum atomic E-state index is 12.6. The number of hydrogen-bond acceptors (Lipinski definition) is 11. The lowest BCUT2D eigenvalue weighted by molar-refractivity contribution is 0.102. The average molecular weight is 519 g/mol. The topological polar surface area (TPSA) is 171 Å². The average Bonchev–Trinajstić information content (AvgIpc) is 2.90. The molecule has 2 atom stereocenters. The van der Waals surface area contributed by atoms with Crippen LogP contribution in [0.4, 0.5) is 29.2 Å². The van der Waals surface area contributed by atoms with Crippen LogP contribution in [0, 0.1) is 6.92 Å². The van der Waals surface area contributed by atoms with Crippen molar-refractivity contribution in [2.75, 3.05) is 59.7 Å². The third-order valence-corrected chi connectivity index (χ3v) is 6.63. The minimum atomic E-state index is -0.304. The smallest absolute Gasteiger partial charge is 0.255 e. The van der Waals surface area contributed by atoms with Gasteiger partial charge in [-0.15, -0.1) is 0 Å². The van der Waals surface area contributed by atoms with Crippen LogP contribution in [0.5, 0.6) is 5.75 Å². The van der Waals surface area contributed by atoms with Gasteiger partial charge in [-0.25, -0.2) is 0 Å². The van der Waals surface area contributed by atoms with Crippen LogP contribution < -0.4 is 37.2 Å². The molecule has 12 heteroatoms. The first kappa shape index (κ1) is 25.6. The fourth-order valence-electron chi connectivity index (χ4n) is 4.64. The molecule has 0 spiro atoms. The zero-order valence-electron chi connectivity index (χ0n) is 21.4. The summed E-state index contributed by atoms with van der Waals surface area (Å²) in [5, 5.41) is 19.9. The molecule has 5 rings (SSSR count). The van der Waals surface area contributed by atoms with Crippen LogP contribution in [-0.4, -0.2) is 77.3 Å². The molecule has 0 unspecified atom stereocenters. The number of nitrogens with two attached hydrogens (primary N) is 2. The van der Waals surface area contributed by atoms with E-state index in [1.165, 1.54) is 6.07 Å². The van der Waals surface area contributed by atoms with Gasteiger partial charge in [-0.05, 0) is 37.6 Å². The van der Waals surface area contributed by atoms with Gasteiger partial charge in [0.2, 0.25) is 17.8 Å². The summed E-state index contributed by atoms with van der Waals surface area (Å²) < 4.78 is 0. The molecule has 0 radical (unpaired) electrons. The van der Waals surface area contributed by atoms with Gasteiger partial charge >= 0.3 is 0 Å². The van der Waals surface area contributed by atoms with E-state index in [-0.39, 0.29) is 23.7 Å². The molecule has 1 aromatic heterocycles. The highest BCUT2D eigenvalue weighted by atomic mass is 16.3. The molecule has 3 heterocycles. The molecule has 0 saturated carbocycles. The van der Waals surface area contributed by atoms with Gasteiger partial charge in [0.05, 0.1) is 5.69 Å². The SMILES string of the molecule is Cc1ccc(C(=O)Nc2ccc(Nc3nc(N4CCNCC4)nc(N4C[C@H](N)C[C@H](N)C4)n3)cc2O)cc1. The molecule has 0 bridgehead atoms. The predicted molar refractivity (Wildman–Crippen MR) is 148 cm³/mol. The molecule has 2 fully saturated rings. The second kappa shape index (κ2) is 11.2. The maximum Gasteiger partial charge on any atom is 0.255 e. The number of aromatic nitrogens is 3. The zero-order chi connectivity index (χ0) is 26.6. The normalized spacial score (nSPS) is 19.8. The number of benzene rings is 2. The predicted octanol–water partition coefficient (Wildman–Crippen LogP) is 1.16. The monoisotopic (exact) mass is 518 g/mol. The van der Waals surface area contributed by atoms with Gasteiger partial charge in [0.1, 0.15) is 5.75 Å². The zero-order valence-corrected chi connectivity index (χ0v) is 21.4. The van der Waals surface area contributed by atoms with Crippen molar-refractivity contribution >= 4 is 35.1 Å². The summed E-state index contributed by atoms with van der Waals surface area (Å²) in [4.78, 5) is 30.7. The Labute approximate surface area is 221 Å². The number of piperazine rings is 1. The van der Waals surface area contributed by atoms with Gasteiger partial charge in [-0.1, -0.05) is 17.7 Å². The van der Waals surface area contributed by atoms with Crippen LogP contribution >= 0.6 is 0 Å². The Hall–Kier alpha value is -4.00. The fourth-order valence-corrected chi connectivity index (χ4v) is 4.64. The lowest BCUT2D eigenvalue weighted by Gasteiger charge is -2.35. The summed E-state index contributed by atoms with van der Waals surface area (Å²) in [6, 6.07) is 12.0. The quantitative estimate of drug-likeness (QED) is 0.259. The number of phenols is 1. The Morgan fingerprint density at radius 3 is 2.29 bits per heavy atom. The summed E-state index contributed by atoms with van der Waals surface area (Å²) in [5.74, 6) is 1.03. The van der Waals surface area contributed by atoms with Crippen molar-refractivity contribution in [1.82, 2.24) is 20.3 Å². The van der Waals surface area contributed by atoms with Crippen molar-refractivity contribution in [3.05, 3.63) is 53.6 Å². The minimum absolute atomic E-state index is 0.0610. The highest BCUT2D eigenvalue weighted by Gasteiger charge is 2.26. The van der Waals surface area contributed by atoms with Crippen molar-refractivity contribution in [2.24, 2.45) is 11.5 Å². The molecule has 3 aromatic rings. The number of aromatic hydroxyl groups is 1. The number of carbonyl (C=O) groups excluding carboxylic acids is 1. The van der Waals surface area contributed by atoms with Gasteiger partial charge < -0.3 is 42.3 Å². The molecule has 38 heavy (non-hydrogen) atoms. The second-order valence-corrected chi connectivity index (χ2v) is 9.83. The number of rotatable bonds is 6. The summed E-state index contributed by atoms with van der Waals surface area (Å²) >= 11 is 0. The number of amides is 1. The van der Waals surface area contributed by atoms with Gasteiger partial charge in [0.25, 0.3) is 5.91 Å². The Bertz CT molecular complexity index is 1270. The van der Waals surface area contributed by atoms with Gasteiger partial charge in [0, 0.05) is 68.7 Å². The standard InChI is InChI=1S/C26H34N10O2/c1-16-2-4-17(5-3-16)23(38)31-21-7-6-20(13-22(21)37)30-24-32-25(35-10-8-29-9-11-35)34-26(33-24)36-14-18(27)12-19(28)15-36/h2-7,13,18-19,29,37H,8-12,14-15,27-28H2,1H3,(H,31,38)(H,30,32,33,34)/t18-,19+. The summed E-state index contributed by atoms with van der Waals surface area (Å²) in [6.07, 6.45) is 0.753. The molecule has 8 N–H and O–H groups in total. The fraction of sp³-hybridized carbons (Fsp3) is 0.385. The molecule has 2 aromatic carbocycles. The van der Waals surface area contributed by atoms with Crippen LogP contribution in [0.2, 0.25) is 0 Å². The van der Waals surface area contributed by atoms with E-state index in [0.717, 1.165) is 38.2 Å². The van der Waals surface area contributed by atoms with Crippen molar-refractivity contribution in [1.29, 1.82) is 0 Å². The van der Waals surface area contributed by atoms with E-state index in [9.17, 15) is 9.90 Å². The van der Waals surface area contributed by atoms with Crippen molar-refractivity contribution < 1.29 is 9.90 Å². The number of hydrogen-bond donors (Lipinski definition) is 6. The molecule has 2 aliphatic heterocycles. The Morgan fingerprint density at radius 2 is 1.63 bits per heavy atom. The number of nitrogens with one attached hydrogen (secondary N) is 3. The third-order valence-electron chi connectivity index (χ3n) is 6.63. The largest absolute Gasteiger partial charge is 0.506 e. The Morgan fingerprint density at radius 1 is 0.974 bits per heavy atom. The summed E-state index contributed by atoms with van der Waals surface area (Å²) in [5.41, 5.74) is 14.9. The van der Waals surface area contributed by atoms with Crippen LogP contribution in [0.3, 0.4) is 0 Å². The number of carbonyl (C=O) groups is 1. The molecule has 12 nitrogen and oxygen atoms in total. The number of piperidine rings is 1. The van der Waals surface area contributed by atoms with Gasteiger partial charge in [0.15, 0.2) is 0 Å². The van der Waals surface area contributed by atoms with Crippen LogP contribution in [0.25, 0.3) is 0 Å². The first-order valence-electron chi connectivity index (χ1n) is 12.8. The number of anilines is 5. The van der Waals surface area contributed by atoms with Gasteiger partial charge in [-0.3, -0.25) is 4.79 Å². The molecule has 200 valence electrons. The van der Waals surface area contributed by atoms with Crippen molar-refractivity contribution in [3.8, 4) is 5.75 Å².